The second kappa shape index (κ2) is 13.0. The van der Waals surface area contributed by atoms with Gasteiger partial charge >= 0.3 is 0 Å². The van der Waals surface area contributed by atoms with Crippen LogP contribution >= 0.6 is 0 Å². The van der Waals surface area contributed by atoms with Gasteiger partial charge in [-0.3, -0.25) is 0 Å². The third kappa shape index (κ3) is 5.29. The molecule has 5 heteroatoms. The van der Waals surface area contributed by atoms with Crippen molar-refractivity contribution in [2.75, 3.05) is 0 Å². The molecule has 5 nitrogen and oxygen atoms in total. The molecule has 0 spiro atoms. The molecule has 3 heterocycles. The minimum Gasteiger partial charge on any atom is -0.455 e. The van der Waals surface area contributed by atoms with Crippen LogP contribution in [0, 0.1) is 0 Å². The first-order chi connectivity index (χ1) is 28.2. The molecule has 0 unspecified atom stereocenters. The lowest BCUT2D eigenvalue weighted by molar-refractivity contribution is 0.670. The molecule has 11 rings (SSSR count). The van der Waals surface area contributed by atoms with E-state index >= 15 is 0 Å². The SMILES string of the molecule is [2H]c1ccc2c(c1)c1ccc(-c3ccccc3)cc1n2-c1ccc(-c2cccc3c2oc2ccccc23)cc1-c1nc(-c2ccccc2)nc(-c2ccccc2)n1. The van der Waals surface area contributed by atoms with Crippen molar-refractivity contribution in [3.8, 4) is 62.1 Å². The Morgan fingerprint density at radius 2 is 1.02 bits per heavy atom. The van der Waals surface area contributed by atoms with Crippen molar-refractivity contribution in [2.45, 2.75) is 0 Å². The molecule has 0 amide bonds. The van der Waals surface area contributed by atoms with Gasteiger partial charge < -0.3 is 8.98 Å². The summed E-state index contributed by atoms with van der Waals surface area (Å²) >= 11 is 0. The second-order valence-corrected chi connectivity index (χ2v) is 13.9. The summed E-state index contributed by atoms with van der Waals surface area (Å²) in [5, 5.41) is 4.21. The zero-order chi connectivity index (χ0) is 37.9. The maximum Gasteiger partial charge on any atom is 0.166 e. The molecule has 0 aliphatic carbocycles. The lowest BCUT2D eigenvalue weighted by Crippen LogP contribution is -2.04. The van der Waals surface area contributed by atoms with E-state index in [2.05, 4.69) is 89.5 Å². The summed E-state index contributed by atoms with van der Waals surface area (Å²) in [7, 11) is 0. The van der Waals surface area contributed by atoms with Gasteiger partial charge in [-0.1, -0.05) is 164 Å². The normalized spacial score (nSPS) is 11.8. The minimum absolute atomic E-state index is 0.459. The van der Waals surface area contributed by atoms with Crippen LogP contribution in [0.4, 0.5) is 0 Å². The maximum atomic E-state index is 8.61. The number of nitrogens with zero attached hydrogens (tertiary/aromatic N) is 4. The molecule has 11 aromatic rings. The monoisotopic (exact) mass is 717 g/mol. The van der Waals surface area contributed by atoms with Crippen LogP contribution in [0.3, 0.4) is 0 Å². The Morgan fingerprint density at radius 3 is 1.77 bits per heavy atom. The molecule has 8 aromatic carbocycles. The summed E-state index contributed by atoms with van der Waals surface area (Å²) in [4.78, 5) is 15.5. The van der Waals surface area contributed by atoms with Crippen LogP contribution in [-0.2, 0) is 0 Å². The van der Waals surface area contributed by atoms with Crippen molar-refractivity contribution in [3.63, 3.8) is 0 Å². The summed E-state index contributed by atoms with van der Waals surface area (Å²) in [6.45, 7) is 0. The van der Waals surface area contributed by atoms with Gasteiger partial charge in [-0.2, -0.15) is 0 Å². The van der Waals surface area contributed by atoms with Gasteiger partial charge in [-0.05, 0) is 47.0 Å². The lowest BCUT2D eigenvalue weighted by Gasteiger charge is -2.17. The highest BCUT2D eigenvalue weighted by atomic mass is 16.3. The highest BCUT2D eigenvalue weighted by Crippen LogP contribution is 2.41. The molecular formula is C51H32N4O. The predicted octanol–water partition coefficient (Wildman–Crippen LogP) is 13.2. The smallest absolute Gasteiger partial charge is 0.166 e. The summed E-state index contributed by atoms with van der Waals surface area (Å²) in [5.41, 5.74) is 11.4. The van der Waals surface area contributed by atoms with Crippen molar-refractivity contribution in [3.05, 3.63) is 194 Å². The van der Waals surface area contributed by atoms with Crippen molar-refractivity contribution < 1.29 is 5.79 Å². The molecule has 262 valence electrons. The van der Waals surface area contributed by atoms with Gasteiger partial charge in [0.15, 0.2) is 17.5 Å². The molecule has 3 aromatic heterocycles. The van der Waals surface area contributed by atoms with Crippen LogP contribution in [0.5, 0.6) is 0 Å². The molecule has 0 fully saturated rings. The highest BCUT2D eigenvalue weighted by molar-refractivity contribution is 6.12. The summed E-state index contributed by atoms with van der Waals surface area (Å²) in [6.07, 6.45) is 0. The number of rotatable bonds is 6. The van der Waals surface area contributed by atoms with Gasteiger partial charge in [0.05, 0.1) is 18.1 Å². The van der Waals surface area contributed by atoms with Crippen LogP contribution in [0.15, 0.2) is 199 Å². The Labute approximate surface area is 324 Å². The van der Waals surface area contributed by atoms with Crippen molar-refractivity contribution >= 4 is 43.7 Å². The third-order valence-corrected chi connectivity index (χ3v) is 10.6. The standard InChI is InChI=1S/C51H32N4O/c1-4-15-33(16-5-1)36-27-29-40-39-21-10-12-25-44(39)55(46(40)32-36)45-30-28-37(38-23-14-24-42-41-22-11-13-26-47(41)56-48(38)42)31-43(45)51-53-49(34-17-6-2-7-18-34)52-50(54-51)35-19-8-3-9-20-35/h1-32H/i10D. The van der Waals surface area contributed by atoms with E-state index in [0.29, 0.717) is 23.5 Å². The van der Waals surface area contributed by atoms with E-state index in [1.807, 2.05) is 103 Å². The minimum atomic E-state index is 0.459. The van der Waals surface area contributed by atoms with Crippen LogP contribution in [-0.4, -0.2) is 19.5 Å². The van der Waals surface area contributed by atoms with Gasteiger partial charge in [-0.15, -0.1) is 0 Å². The number of hydrogen-bond donors (Lipinski definition) is 0. The second-order valence-electron chi connectivity index (χ2n) is 13.9. The zero-order valence-electron chi connectivity index (χ0n) is 31.1. The maximum absolute atomic E-state index is 8.61. The molecule has 0 aliphatic heterocycles. The van der Waals surface area contributed by atoms with E-state index in [0.717, 1.165) is 88.4 Å². The highest BCUT2D eigenvalue weighted by Gasteiger charge is 2.22. The Hall–Kier alpha value is -7.63. The first-order valence-electron chi connectivity index (χ1n) is 19.2. The predicted molar refractivity (Wildman–Crippen MR) is 229 cm³/mol. The number of furan rings is 1. The summed E-state index contributed by atoms with van der Waals surface area (Å²) < 4.78 is 17.5. The fraction of sp³-hybridized carbons (Fsp3) is 0. The molecular weight excluding hydrogens is 685 g/mol. The molecule has 0 atom stereocenters. The molecule has 0 saturated heterocycles. The molecule has 0 aliphatic rings. The Bertz CT molecular complexity index is 3240. The van der Waals surface area contributed by atoms with Crippen molar-refractivity contribution in [1.82, 2.24) is 19.5 Å². The zero-order valence-corrected chi connectivity index (χ0v) is 30.1. The molecule has 56 heavy (non-hydrogen) atoms. The summed E-state index contributed by atoms with van der Waals surface area (Å²) in [5.74, 6) is 1.72. The largest absolute Gasteiger partial charge is 0.455 e. The molecule has 0 saturated carbocycles. The van der Waals surface area contributed by atoms with Crippen molar-refractivity contribution in [2.24, 2.45) is 0 Å². The molecule has 0 bridgehead atoms. The van der Waals surface area contributed by atoms with Gasteiger partial charge in [-0.25, -0.2) is 15.0 Å². The van der Waals surface area contributed by atoms with E-state index in [1.54, 1.807) is 0 Å². The Kier molecular flexibility index (Phi) is 7.17. The molecule has 0 radical (unpaired) electrons. The summed E-state index contributed by atoms with van der Waals surface area (Å²) in [6, 6.07) is 64.5. The number of para-hydroxylation sites is 3. The van der Waals surface area contributed by atoms with E-state index < -0.39 is 0 Å². The van der Waals surface area contributed by atoms with Gasteiger partial charge in [0, 0.05) is 43.8 Å². The number of aromatic nitrogens is 4. The fourth-order valence-corrected chi connectivity index (χ4v) is 7.96. The topological polar surface area (TPSA) is 56.7 Å². The first kappa shape index (κ1) is 30.8. The van der Waals surface area contributed by atoms with E-state index in [9.17, 15) is 0 Å². The average Bonchev–Trinajstić information content (AvgIpc) is 3.82. The number of hydrogen-bond acceptors (Lipinski definition) is 4. The number of benzene rings is 8. The van der Waals surface area contributed by atoms with Gasteiger partial charge in [0.1, 0.15) is 11.2 Å². The van der Waals surface area contributed by atoms with Crippen LogP contribution in [0.1, 0.15) is 1.37 Å². The lowest BCUT2D eigenvalue weighted by atomic mass is 9.98. The van der Waals surface area contributed by atoms with Crippen LogP contribution < -0.4 is 0 Å². The van der Waals surface area contributed by atoms with Gasteiger partial charge in [0.25, 0.3) is 0 Å². The Balaban J connectivity index is 1.24. The number of fused-ring (bicyclic) bond motifs is 6. The third-order valence-electron chi connectivity index (χ3n) is 10.6. The van der Waals surface area contributed by atoms with E-state index in [4.69, 9.17) is 20.7 Å². The Morgan fingerprint density at radius 1 is 0.393 bits per heavy atom. The van der Waals surface area contributed by atoms with E-state index in [1.165, 1.54) is 0 Å². The quantitative estimate of drug-likeness (QED) is 0.172. The van der Waals surface area contributed by atoms with Crippen molar-refractivity contribution in [1.29, 1.82) is 0 Å². The van der Waals surface area contributed by atoms with Crippen LogP contribution in [0.25, 0.3) is 106 Å². The molecule has 0 N–H and O–H groups in total. The van der Waals surface area contributed by atoms with Gasteiger partial charge in [0.2, 0.25) is 0 Å². The fourth-order valence-electron chi connectivity index (χ4n) is 7.96. The van der Waals surface area contributed by atoms with E-state index in [-0.39, 0.29) is 0 Å². The van der Waals surface area contributed by atoms with Crippen LogP contribution in [0.2, 0.25) is 0 Å². The first-order valence-corrected chi connectivity index (χ1v) is 18.7. The average molecular weight is 718 g/mol.